The van der Waals surface area contributed by atoms with Crippen LogP contribution in [-0.4, -0.2) is 13.2 Å². The zero-order valence-electron chi connectivity index (χ0n) is 11.4. The highest BCUT2D eigenvalue weighted by atomic mass is 16.5. The Kier molecular flexibility index (Phi) is 4.68. The number of aryl methyl sites for hydroxylation is 1. The topological polar surface area (TPSA) is 21.3 Å². The summed E-state index contributed by atoms with van der Waals surface area (Å²) in [5.41, 5.74) is 2.36. The molecule has 0 radical (unpaired) electrons. The maximum atomic E-state index is 5.68. The molecule has 2 heteroatoms. The van der Waals surface area contributed by atoms with E-state index in [1.807, 2.05) is 6.92 Å². The molecule has 0 heterocycles. The Morgan fingerprint density at radius 2 is 2.22 bits per heavy atom. The predicted molar refractivity (Wildman–Crippen MR) is 77.3 cm³/mol. The van der Waals surface area contributed by atoms with Crippen molar-refractivity contribution in [1.29, 1.82) is 0 Å². The highest BCUT2D eigenvalue weighted by molar-refractivity contribution is 5.57. The van der Waals surface area contributed by atoms with Crippen LogP contribution in [0.3, 0.4) is 0 Å². The lowest BCUT2D eigenvalue weighted by Crippen LogP contribution is -2.15. The van der Waals surface area contributed by atoms with E-state index in [0.29, 0.717) is 6.61 Å². The van der Waals surface area contributed by atoms with Crippen molar-refractivity contribution in [2.24, 2.45) is 5.92 Å². The number of ether oxygens (including phenoxy) is 1. The molecular formula is C16H23NO. The van der Waals surface area contributed by atoms with Gasteiger partial charge in [-0.3, -0.25) is 0 Å². The highest BCUT2D eigenvalue weighted by Crippen LogP contribution is 2.27. The van der Waals surface area contributed by atoms with Gasteiger partial charge in [0.15, 0.2) is 0 Å². The molecule has 0 aromatic heterocycles. The summed E-state index contributed by atoms with van der Waals surface area (Å²) in [6.07, 6.45) is 8.29. The minimum absolute atomic E-state index is 0.713. The standard InChI is InChI=1S/C16H23NO/c1-3-18-16-11-13(2)9-10-15(16)17-12-14-7-5-4-6-8-14/h4-5,9-11,14,17H,3,6-8,12H2,1-2H3. The van der Waals surface area contributed by atoms with Gasteiger partial charge in [-0.25, -0.2) is 0 Å². The van der Waals surface area contributed by atoms with Crippen molar-refractivity contribution >= 4 is 5.69 Å². The van der Waals surface area contributed by atoms with Crippen molar-refractivity contribution in [3.8, 4) is 5.75 Å². The van der Waals surface area contributed by atoms with E-state index in [1.165, 1.54) is 24.8 Å². The van der Waals surface area contributed by atoms with Crippen LogP contribution in [-0.2, 0) is 0 Å². The van der Waals surface area contributed by atoms with Gasteiger partial charge in [0.25, 0.3) is 0 Å². The van der Waals surface area contributed by atoms with Crippen LogP contribution in [0.4, 0.5) is 5.69 Å². The van der Waals surface area contributed by atoms with Gasteiger partial charge >= 0.3 is 0 Å². The molecule has 0 amide bonds. The van der Waals surface area contributed by atoms with Crippen molar-refractivity contribution in [2.75, 3.05) is 18.5 Å². The number of allylic oxidation sites excluding steroid dienone is 2. The SMILES string of the molecule is CCOc1cc(C)ccc1NCC1CC=CCC1. The molecule has 2 nitrogen and oxygen atoms in total. The molecule has 18 heavy (non-hydrogen) atoms. The average molecular weight is 245 g/mol. The predicted octanol–water partition coefficient (Wildman–Crippen LogP) is 4.16. The van der Waals surface area contributed by atoms with Gasteiger partial charge in [-0.1, -0.05) is 18.2 Å². The molecule has 0 saturated heterocycles. The summed E-state index contributed by atoms with van der Waals surface area (Å²) < 4.78 is 5.68. The van der Waals surface area contributed by atoms with E-state index < -0.39 is 0 Å². The maximum Gasteiger partial charge on any atom is 0.142 e. The van der Waals surface area contributed by atoms with Crippen LogP contribution in [0.5, 0.6) is 5.75 Å². The minimum Gasteiger partial charge on any atom is -0.492 e. The molecule has 1 aliphatic carbocycles. The summed E-state index contributed by atoms with van der Waals surface area (Å²) in [5.74, 6) is 1.73. The van der Waals surface area contributed by atoms with Gasteiger partial charge in [-0.05, 0) is 56.7 Å². The lowest BCUT2D eigenvalue weighted by Gasteiger charge is -2.20. The van der Waals surface area contributed by atoms with E-state index in [4.69, 9.17) is 4.74 Å². The molecule has 1 N–H and O–H groups in total. The number of benzene rings is 1. The molecule has 1 atom stereocenters. The number of nitrogens with one attached hydrogen (secondary N) is 1. The molecule has 0 aliphatic heterocycles. The van der Waals surface area contributed by atoms with Crippen molar-refractivity contribution < 1.29 is 4.74 Å². The summed E-state index contributed by atoms with van der Waals surface area (Å²) in [5, 5.41) is 3.54. The second-order valence-electron chi connectivity index (χ2n) is 4.96. The van der Waals surface area contributed by atoms with Crippen molar-refractivity contribution in [3.05, 3.63) is 35.9 Å². The van der Waals surface area contributed by atoms with Gasteiger partial charge in [-0.2, -0.15) is 0 Å². The first-order valence-electron chi connectivity index (χ1n) is 6.92. The third kappa shape index (κ3) is 3.52. The fourth-order valence-corrected chi connectivity index (χ4v) is 2.35. The lowest BCUT2D eigenvalue weighted by molar-refractivity contribution is 0.341. The molecule has 98 valence electrons. The Balaban J connectivity index is 1.97. The van der Waals surface area contributed by atoms with Crippen molar-refractivity contribution in [3.63, 3.8) is 0 Å². The first-order valence-corrected chi connectivity index (χ1v) is 6.92. The van der Waals surface area contributed by atoms with E-state index in [9.17, 15) is 0 Å². The van der Waals surface area contributed by atoms with Gasteiger partial charge in [-0.15, -0.1) is 0 Å². The Hall–Kier alpha value is -1.44. The number of anilines is 1. The third-order valence-corrected chi connectivity index (χ3v) is 3.40. The maximum absolute atomic E-state index is 5.68. The molecule has 1 unspecified atom stereocenters. The van der Waals surface area contributed by atoms with E-state index in [2.05, 4.69) is 42.6 Å². The number of hydrogen-bond donors (Lipinski definition) is 1. The molecule has 1 aliphatic rings. The summed E-state index contributed by atoms with van der Waals surface area (Å²) in [4.78, 5) is 0. The summed E-state index contributed by atoms with van der Waals surface area (Å²) in [6.45, 7) is 5.87. The van der Waals surface area contributed by atoms with Crippen LogP contribution in [0.1, 0.15) is 31.7 Å². The van der Waals surface area contributed by atoms with Gasteiger partial charge in [0, 0.05) is 6.54 Å². The molecule has 0 fully saturated rings. The van der Waals surface area contributed by atoms with Crippen LogP contribution >= 0.6 is 0 Å². The minimum atomic E-state index is 0.713. The highest BCUT2D eigenvalue weighted by Gasteiger charge is 2.11. The zero-order chi connectivity index (χ0) is 12.8. The first kappa shape index (κ1) is 13.0. The monoisotopic (exact) mass is 245 g/mol. The van der Waals surface area contributed by atoms with E-state index >= 15 is 0 Å². The van der Waals surface area contributed by atoms with Crippen molar-refractivity contribution in [1.82, 2.24) is 0 Å². The quantitative estimate of drug-likeness (QED) is 0.786. The third-order valence-electron chi connectivity index (χ3n) is 3.40. The van der Waals surface area contributed by atoms with E-state index in [0.717, 1.165) is 23.9 Å². The smallest absolute Gasteiger partial charge is 0.142 e. The normalized spacial score (nSPS) is 18.7. The van der Waals surface area contributed by atoms with E-state index in [-0.39, 0.29) is 0 Å². The van der Waals surface area contributed by atoms with Crippen molar-refractivity contribution in [2.45, 2.75) is 33.1 Å². The fraction of sp³-hybridized carbons (Fsp3) is 0.500. The fourth-order valence-electron chi connectivity index (χ4n) is 2.35. The molecule has 0 saturated carbocycles. The number of rotatable bonds is 5. The number of hydrogen-bond acceptors (Lipinski definition) is 2. The van der Waals surface area contributed by atoms with Crippen LogP contribution in [0.2, 0.25) is 0 Å². The largest absolute Gasteiger partial charge is 0.492 e. The Morgan fingerprint density at radius 3 is 2.94 bits per heavy atom. The molecule has 1 aromatic carbocycles. The Morgan fingerprint density at radius 1 is 1.33 bits per heavy atom. The van der Waals surface area contributed by atoms with Crippen LogP contribution in [0.15, 0.2) is 30.4 Å². The summed E-state index contributed by atoms with van der Waals surface area (Å²) >= 11 is 0. The van der Waals surface area contributed by atoms with Crippen LogP contribution < -0.4 is 10.1 Å². The average Bonchev–Trinajstić information content (AvgIpc) is 2.39. The second kappa shape index (κ2) is 6.48. The van der Waals surface area contributed by atoms with Gasteiger partial charge in [0.2, 0.25) is 0 Å². The van der Waals surface area contributed by atoms with Gasteiger partial charge in [0.05, 0.1) is 12.3 Å². The van der Waals surface area contributed by atoms with Gasteiger partial charge < -0.3 is 10.1 Å². The zero-order valence-corrected chi connectivity index (χ0v) is 11.4. The Labute approximate surface area is 110 Å². The molecule has 2 rings (SSSR count). The molecular weight excluding hydrogens is 222 g/mol. The van der Waals surface area contributed by atoms with Crippen LogP contribution in [0, 0.1) is 12.8 Å². The lowest BCUT2D eigenvalue weighted by atomic mass is 9.94. The molecule has 0 bridgehead atoms. The van der Waals surface area contributed by atoms with Crippen LogP contribution in [0.25, 0.3) is 0 Å². The summed E-state index contributed by atoms with van der Waals surface area (Å²) in [6, 6.07) is 6.36. The summed E-state index contributed by atoms with van der Waals surface area (Å²) in [7, 11) is 0. The van der Waals surface area contributed by atoms with E-state index in [1.54, 1.807) is 0 Å². The first-order chi connectivity index (χ1) is 8.79. The molecule has 0 spiro atoms. The second-order valence-corrected chi connectivity index (χ2v) is 4.96. The van der Waals surface area contributed by atoms with Gasteiger partial charge in [0.1, 0.15) is 5.75 Å². The Bertz CT molecular complexity index is 412. The molecule has 1 aromatic rings.